The summed E-state index contributed by atoms with van der Waals surface area (Å²) in [5.74, 6) is 2.86. The summed E-state index contributed by atoms with van der Waals surface area (Å²) in [6.45, 7) is 8.49. The topological polar surface area (TPSA) is 149 Å². The molecule has 4 saturated heterocycles. The first-order valence-electron chi connectivity index (χ1n) is 22.7. The van der Waals surface area contributed by atoms with Gasteiger partial charge in [-0.3, -0.25) is 24.4 Å². The highest BCUT2D eigenvalue weighted by atomic mass is 35.5. The van der Waals surface area contributed by atoms with Gasteiger partial charge >= 0.3 is 18.2 Å². The molecule has 1 aromatic heterocycles. The molecule has 5 aromatic rings. The molecule has 0 bridgehead atoms. The van der Waals surface area contributed by atoms with Gasteiger partial charge < -0.3 is 28.1 Å². The number of halogens is 2. The van der Waals surface area contributed by atoms with Crippen LogP contribution in [0.25, 0.3) is 0 Å². The maximum absolute atomic E-state index is 13.1. The molecule has 0 N–H and O–H groups in total. The number of aromatic nitrogens is 2. The number of ether oxygens (including phenoxy) is 5. The van der Waals surface area contributed by atoms with E-state index in [2.05, 4.69) is 20.0 Å². The van der Waals surface area contributed by atoms with Crippen LogP contribution in [0, 0.1) is 12.8 Å². The Kier molecular flexibility index (Phi) is 15.5. The van der Waals surface area contributed by atoms with Crippen LogP contribution in [0.4, 0.5) is 21.0 Å². The number of carbonyl (C=O) groups excluding carboxylic acids is 3. The number of esters is 1. The Morgan fingerprint density at radius 2 is 1.13 bits per heavy atom. The highest BCUT2D eigenvalue weighted by molar-refractivity contribution is 6.31. The summed E-state index contributed by atoms with van der Waals surface area (Å²) < 4.78 is 33.5. The summed E-state index contributed by atoms with van der Waals surface area (Å²) in [7, 11) is 3.26. The summed E-state index contributed by atoms with van der Waals surface area (Å²) >= 11 is 12.2. The van der Waals surface area contributed by atoms with Crippen LogP contribution in [0.2, 0.25) is 10.0 Å². The minimum absolute atomic E-state index is 0.0629. The van der Waals surface area contributed by atoms with Gasteiger partial charge in [-0.2, -0.15) is 0 Å². The number of aryl methyl sites for hydroxylation is 1. The zero-order valence-electron chi connectivity index (χ0n) is 38.1. The number of likely N-dealkylation sites (tertiary alicyclic amines) is 2. The van der Waals surface area contributed by atoms with E-state index in [-0.39, 0.29) is 48.2 Å². The third kappa shape index (κ3) is 11.3. The second-order valence-electron chi connectivity index (χ2n) is 17.0. The number of nitrogens with zero attached hydrogens (tertiary/aromatic N) is 6. The number of anilines is 2. The molecule has 4 aliphatic heterocycles. The second kappa shape index (κ2) is 21.8. The van der Waals surface area contributed by atoms with Gasteiger partial charge in [-0.15, -0.1) is 10.2 Å². The molecule has 5 heterocycles. The number of rotatable bonds is 13. The molecule has 0 spiro atoms. The molecule has 354 valence electrons. The summed E-state index contributed by atoms with van der Waals surface area (Å²) in [6.07, 6.45) is 1.86. The molecule has 0 radical (unpaired) electrons. The predicted molar refractivity (Wildman–Crippen MR) is 253 cm³/mol. The highest BCUT2D eigenvalue weighted by Crippen LogP contribution is 2.41. The van der Waals surface area contributed by atoms with E-state index >= 15 is 0 Å². The first-order valence-corrected chi connectivity index (χ1v) is 23.5. The molecule has 9 rings (SSSR count). The standard InChI is InChI=1S/C25H27ClN4O4.C25H29ClN2O5/c1-16-27-28-24(33-16)17-10-12-29(13-11-17)15-22-23(18-4-3-5-21(14-18)32-2)30(25(31)34-22)20-8-6-19(26)7-9-20;1-3-32-24(29)17-11-13-27(14-12-17)16-22-23(18-5-4-6-21(15-18)31-2)28(25(30)33-22)20-9-7-19(26)8-10-20/h3-9,14,17,22-23H,10-13,15H2,1-2H3;4-10,15,17,22-23H,3,11-14,16H2,1-2H3/t2*22-,23-/m00/s1. The number of amides is 2. The van der Waals surface area contributed by atoms with Gasteiger partial charge in [-0.1, -0.05) is 47.5 Å². The van der Waals surface area contributed by atoms with Crippen LogP contribution in [-0.4, -0.2) is 110 Å². The number of hydrogen-bond donors (Lipinski definition) is 0. The Hall–Kier alpha value is -5.87. The number of piperidine rings is 2. The lowest BCUT2D eigenvalue weighted by molar-refractivity contribution is -0.149. The van der Waals surface area contributed by atoms with E-state index in [1.165, 1.54) is 0 Å². The van der Waals surface area contributed by atoms with Crippen LogP contribution in [0.5, 0.6) is 11.5 Å². The Labute approximate surface area is 400 Å². The van der Waals surface area contributed by atoms with Crippen LogP contribution in [0.1, 0.15) is 73.5 Å². The molecule has 0 unspecified atom stereocenters. The van der Waals surface area contributed by atoms with Crippen LogP contribution in [0.15, 0.2) is 101 Å². The summed E-state index contributed by atoms with van der Waals surface area (Å²) in [5.41, 5.74) is 3.36. The normalized spacial score (nSPS) is 21.6. The van der Waals surface area contributed by atoms with Gasteiger partial charge in [0.05, 0.1) is 26.7 Å². The molecular weight excluding hydrogens is 899 g/mol. The van der Waals surface area contributed by atoms with Crippen LogP contribution in [-0.2, 0) is 19.0 Å². The molecule has 15 nitrogen and oxygen atoms in total. The smallest absolute Gasteiger partial charge is 0.415 e. The molecule has 4 aromatic carbocycles. The Morgan fingerprint density at radius 1 is 0.672 bits per heavy atom. The van der Waals surface area contributed by atoms with Crippen LogP contribution in [0.3, 0.4) is 0 Å². The minimum atomic E-state index is -0.392. The van der Waals surface area contributed by atoms with Gasteiger partial charge in [0.2, 0.25) is 11.8 Å². The van der Waals surface area contributed by atoms with Gasteiger partial charge in [0.25, 0.3) is 0 Å². The third-order valence-corrected chi connectivity index (χ3v) is 13.3. The second-order valence-corrected chi connectivity index (χ2v) is 17.9. The largest absolute Gasteiger partial charge is 0.497 e. The van der Waals surface area contributed by atoms with Crippen LogP contribution < -0.4 is 19.3 Å². The van der Waals surface area contributed by atoms with E-state index in [0.29, 0.717) is 41.5 Å². The number of hydrogen-bond acceptors (Lipinski definition) is 13. The molecule has 0 aliphatic carbocycles. The summed E-state index contributed by atoms with van der Waals surface area (Å²) in [4.78, 5) is 46.2. The Morgan fingerprint density at radius 3 is 1.55 bits per heavy atom. The number of benzene rings is 4. The lowest BCUT2D eigenvalue weighted by Gasteiger charge is -2.33. The predicted octanol–water partition coefficient (Wildman–Crippen LogP) is 9.68. The molecule has 4 aliphatic rings. The van der Waals surface area contributed by atoms with Crippen molar-refractivity contribution in [3.63, 3.8) is 0 Å². The monoisotopic (exact) mass is 954 g/mol. The average molecular weight is 956 g/mol. The summed E-state index contributed by atoms with van der Waals surface area (Å²) in [5, 5.41) is 9.37. The maximum atomic E-state index is 13.1. The molecule has 17 heteroatoms. The number of carbonyl (C=O) groups is 3. The van der Waals surface area contributed by atoms with Gasteiger partial charge in [-0.25, -0.2) is 9.59 Å². The van der Waals surface area contributed by atoms with Crippen LogP contribution >= 0.6 is 23.2 Å². The van der Waals surface area contributed by atoms with Crippen molar-refractivity contribution in [2.45, 2.75) is 69.7 Å². The van der Waals surface area contributed by atoms with Gasteiger partial charge in [0, 0.05) is 47.4 Å². The van der Waals surface area contributed by atoms with E-state index in [0.717, 1.165) is 85.9 Å². The fourth-order valence-corrected chi connectivity index (χ4v) is 9.66. The number of cyclic esters (lactones) is 2. The molecule has 2 amide bonds. The molecule has 4 atom stereocenters. The average Bonchev–Trinajstić information content (AvgIpc) is 4.03. The molecular formula is C50H56Cl2N6O9. The fourth-order valence-electron chi connectivity index (χ4n) is 9.41. The zero-order chi connectivity index (χ0) is 47.0. The number of methoxy groups -OCH3 is 2. The zero-order valence-corrected chi connectivity index (χ0v) is 39.6. The van der Waals surface area contributed by atoms with E-state index in [1.54, 1.807) is 48.3 Å². The maximum Gasteiger partial charge on any atom is 0.415 e. The quantitative estimate of drug-likeness (QED) is 0.0815. The van der Waals surface area contributed by atoms with E-state index in [9.17, 15) is 14.4 Å². The van der Waals surface area contributed by atoms with Gasteiger partial charge in [-0.05, 0) is 143 Å². The van der Waals surface area contributed by atoms with Crippen molar-refractivity contribution in [2.24, 2.45) is 5.92 Å². The van der Waals surface area contributed by atoms with Crippen molar-refractivity contribution in [1.82, 2.24) is 20.0 Å². The first kappa shape index (κ1) is 47.6. The highest BCUT2D eigenvalue weighted by Gasteiger charge is 2.46. The Balaban J connectivity index is 0.000000182. The molecule has 0 saturated carbocycles. The molecule has 67 heavy (non-hydrogen) atoms. The van der Waals surface area contributed by atoms with E-state index < -0.39 is 6.09 Å². The van der Waals surface area contributed by atoms with Crippen molar-refractivity contribution in [2.75, 3.05) is 69.9 Å². The lowest BCUT2D eigenvalue weighted by Crippen LogP contribution is -2.42. The lowest BCUT2D eigenvalue weighted by atomic mass is 9.95. The third-order valence-electron chi connectivity index (χ3n) is 12.8. The molecule has 4 fully saturated rings. The van der Waals surface area contributed by atoms with Crippen molar-refractivity contribution >= 4 is 52.7 Å². The van der Waals surface area contributed by atoms with Gasteiger partial charge in [0.15, 0.2) is 0 Å². The minimum Gasteiger partial charge on any atom is -0.497 e. The van der Waals surface area contributed by atoms with Crippen molar-refractivity contribution < 1.29 is 42.5 Å². The van der Waals surface area contributed by atoms with Crippen molar-refractivity contribution in [1.29, 1.82) is 0 Å². The van der Waals surface area contributed by atoms with E-state index in [1.807, 2.05) is 86.6 Å². The Bertz CT molecular complexity index is 2460. The SMILES string of the molecule is CCOC(=O)C1CCN(C[C@@H]2OC(=O)N(c3ccc(Cl)cc3)[C@H]2c2cccc(OC)c2)CC1.COc1cccc([C@H]2[C@H](CN3CCC(c4nnc(C)o4)CC3)OC(=O)N2c2ccc(Cl)cc2)c1. The summed E-state index contributed by atoms with van der Waals surface area (Å²) in [6, 6.07) is 29.3. The van der Waals surface area contributed by atoms with Crippen molar-refractivity contribution in [3.8, 4) is 11.5 Å². The van der Waals surface area contributed by atoms with Gasteiger partial charge in [0.1, 0.15) is 35.8 Å². The fraction of sp³-hybridized carbons (Fsp3) is 0.420. The van der Waals surface area contributed by atoms with E-state index in [4.69, 9.17) is 51.3 Å². The first-order chi connectivity index (χ1) is 32.5. The van der Waals surface area contributed by atoms with Crippen molar-refractivity contribution in [3.05, 3.63) is 130 Å².